The Morgan fingerprint density at radius 3 is 2.83 bits per heavy atom. The summed E-state index contributed by atoms with van der Waals surface area (Å²) < 4.78 is 7.38. The number of rotatable bonds is 7. The van der Waals surface area contributed by atoms with Crippen LogP contribution in [0.5, 0.6) is 0 Å². The van der Waals surface area contributed by atoms with Crippen molar-refractivity contribution in [2.24, 2.45) is 12.0 Å². The van der Waals surface area contributed by atoms with Crippen molar-refractivity contribution in [3.63, 3.8) is 0 Å². The fraction of sp³-hybridized carbons (Fsp3) is 0.588. The van der Waals surface area contributed by atoms with Gasteiger partial charge in [-0.05, 0) is 19.1 Å². The Balaban J connectivity index is 1.95. The first-order chi connectivity index (χ1) is 11.5. The van der Waals surface area contributed by atoms with Gasteiger partial charge in [0.1, 0.15) is 0 Å². The molecule has 0 aliphatic rings. The summed E-state index contributed by atoms with van der Waals surface area (Å²) in [7, 11) is 4.09. The third-order valence-corrected chi connectivity index (χ3v) is 3.73. The predicted octanol–water partition coefficient (Wildman–Crippen LogP) is 2.17. The Hall–Kier alpha value is -2.31. The lowest BCUT2D eigenvalue weighted by Crippen LogP contribution is -2.39. The highest BCUT2D eigenvalue weighted by Gasteiger charge is 2.11. The summed E-state index contributed by atoms with van der Waals surface area (Å²) in [4.78, 5) is 11.2. The van der Waals surface area contributed by atoms with E-state index in [1.807, 2.05) is 7.05 Å². The first-order valence-electron chi connectivity index (χ1n) is 8.43. The van der Waals surface area contributed by atoms with E-state index in [4.69, 9.17) is 4.52 Å². The summed E-state index contributed by atoms with van der Waals surface area (Å²) in [6, 6.07) is 4.17. The van der Waals surface area contributed by atoms with Gasteiger partial charge in [0.2, 0.25) is 5.89 Å². The minimum absolute atomic E-state index is 0.278. The molecule has 0 saturated carbocycles. The molecule has 0 unspecified atom stereocenters. The molecule has 132 valence electrons. The minimum Gasteiger partial charge on any atom is -0.357 e. The van der Waals surface area contributed by atoms with Crippen LogP contribution in [-0.4, -0.2) is 45.7 Å². The Bertz CT molecular complexity index is 658. The van der Waals surface area contributed by atoms with Crippen LogP contribution in [0, 0.1) is 0 Å². The molecule has 0 bridgehead atoms. The maximum Gasteiger partial charge on any atom is 0.228 e. The lowest BCUT2D eigenvalue weighted by Gasteiger charge is -2.22. The topological polar surface area (TPSA) is 71.5 Å². The molecule has 0 radical (unpaired) electrons. The number of guanidine groups is 1. The van der Waals surface area contributed by atoms with Gasteiger partial charge in [-0.1, -0.05) is 19.0 Å². The van der Waals surface area contributed by atoms with E-state index < -0.39 is 0 Å². The van der Waals surface area contributed by atoms with Crippen molar-refractivity contribution in [1.82, 2.24) is 24.9 Å². The van der Waals surface area contributed by atoms with Gasteiger partial charge in [0.15, 0.2) is 11.8 Å². The molecule has 1 N–H and O–H groups in total. The van der Waals surface area contributed by atoms with Crippen LogP contribution in [0.4, 0.5) is 0 Å². The molecular formula is C17H28N6O. The van der Waals surface area contributed by atoms with E-state index >= 15 is 0 Å². The highest BCUT2D eigenvalue weighted by molar-refractivity contribution is 5.79. The molecule has 0 fully saturated rings. The van der Waals surface area contributed by atoms with Gasteiger partial charge in [-0.15, -0.1) is 0 Å². The van der Waals surface area contributed by atoms with Crippen LogP contribution >= 0.6 is 0 Å². The van der Waals surface area contributed by atoms with Crippen molar-refractivity contribution in [3.8, 4) is 0 Å². The van der Waals surface area contributed by atoms with E-state index in [1.54, 1.807) is 0 Å². The molecule has 2 rings (SSSR count). The van der Waals surface area contributed by atoms with Crippen LogP contribution in [0.15, 0.2) is 27.8 Å². The van der Waals surface area contributed by atoms with Gasteiger partial charge in [0.05, 0.1) is 13.1 Å². The van der Waals surface area contributed by atoms with Crippen LogP contribution in [0.25, 0.3) is 0 Å². The summed E-state index contributed by atoms with van der Waals surface area (Å²) >= 11 is 0. The van der Waals surface area contributed by atoms with E-state index in [0.29, 0.717) is 18.9 Å². The number of hydrogen-bond donors (Lipinski definition) is 1. The monoisotopic (exact) mass is 332 g/mol. The summed E-state index contributed by atoms with van der Waals surface area (Å²) in [6.07, 6.45) is 2.70. The zero-order chi connectivity index (χ0) is 17.5. The molecule has 7 heteroatoms. The molecule has 0 amide bonds. The second-order valence-corrected chi connectivity index (χ2v) is 6.15. The maximum atomic E-state index is 5.26. The molecule has 0 atom stereocenters. The lowest BCUT2D eigenvalue weighted by molar-refractivity contribution is 0.372. The molecule has 2 heterocycles. The normalized spacial score (nSPS) is 12.0. The smallest absolute Gasteiger partial charge is 0.228 e. The average molecular weight is 332 g/mol. The average Bonchev–Trinajstić information content (AvgIpc) is 3.16. The fourth-order valence-corrected chi connectivity index (χ4v) is 2.31. The van der Waals surface area contributed by atoms with Gasteiger partial charge >= 0.3 is 0 Å². The molecule has 0 saturated heterocycles. The number of aliphatic imine (C=N–C) groups is 1. The Labute approximate surface area is 143 Å². The Morgan fingerprint density at radius 1 is 1.46 bits per heavy atom. The van der Waals surface area contributed by atoms with E-state index in [2.05, 4.69) is 76.1 Å². The van der Waals surface area contributed by atoms with Gasteiger partial charge in [0, 0.05) is 44.9 Å². The quantitative estimate of drug-likeness (QED) is 0.621. The zero-order valence-electron chi connectivity index (χ0n) is 15.3. The van der Waals surface area contributed by atoms with Gasteiger partial charge in [-0.3, -0.25) is 4.99 Å². The Morgan fingerprint density at radius 2 is 2.25 bits per heavy atom. The van der Waals surface area contributed by atoms with Crippen LogP contribution < -0.4 is 5.32 Å². The van der Waals surface area contributed by atoms with Gasteiger partial charge in [0.25, 0.3) is 0 Å². The molecule has 0 spiro atoms. The lowest BCUT2D eigenvalue weighted by atomic mass is 10.2. The third kappa shape index (κ3) is 4.84. The minimum atomic E-state index is 0.278. The molecular weight excluding hydrogens is 304 g/mol. The molecule has 24 heavy (non-hydrogen) atoms. The Kier molecular flexibility index (Phi) is 6.40. The molecule has 2 aromatic heterocycles. The molecule has 0 aliphatic heterocycles. The van der Waals surface area contributed by atoms with Crippen molar-refractivity contribution >= 4 is 5.96 Å². The zero-order valence-corrected chi connectivity index (χ0v) is 15.3. The fourth-order valence-electron chi connectivity index (χ4n) is 2.31. The van der Waals surface area contributed by atoms with E-state index in [0.717, 1.165) is 24.9 Å². The SMILES string of the molecule is CCNC(=NCCc1nc(C(C)C)no1)N(C)Cc1cccn1C. The molecule has 2 aromatic rings. The number of nitrogens with one attached hydrogen (secondary N) is 1. The van der Waals surface area contributed by atoms with Crippen molar-refractivity contribution in [2.45, 2.75) is 39.7 Å². The maximum absolute atomic E-state index is 5.26. The largest absolute Gasteiger partial charge is 0.357 e. The predicted molar refractivity (Wildman–Crippen MR) is 94.9 cm³/mol. The van der Waals surface area contributed by atoms with E-state index in [1.165, 1.54) is 5.69 Å². The second kappa shape index (κ2) is 8.52. The van der Waals surface area contributed by atoms with Crippen LogP contribution in [0.1, 0.15) is 44.1 Å². The molecule has 0 aromatic carbocycles. The first kappa shape index (κ1) is 18.0. The molecule has 7 nitrogen and oxygen atoms in total. The second-order valence-electron chi connectivity index (χ2n) is 6.15. The van der Waals surface area contributed by atoms with Crippen LogP contribution in [0.2, 0.25) is 0 Å². The first-order valence-corrected chi connectivity index (χ1v) is 8.43. The number of aryl methyl sites for hydroxylation is 1. The molecule has 0 aliphatic carbocycles. The summed E-state index contributed by atoms with van der Waals surface area (Å²) in [5, 5.41) is 7.31. The van der Waals surface area contributed by atoms with E-state index in [-0.39, 0.29) is 5.92 Å². The summed E-state index contributed by atoms with van der Waals surface area (Å²) in [5.74, 6) is 2.55. The van der Waals surface area contributed by atoms with Crippen LogP contribution in [-0.2, 0) is 20.0 Å². The summed E-state index contributed by atoms with van der Waals surface area (Å²) in [5.41, 5.74) is 1.24. The van der Waals surface area contributed by atoms with Crippen LogP contribution in [0.3, 0.4) is 0 Å². The van der Waals surface area contributed by atoms with Gasteiger partial charge < -0.3 is 19.3 Å². The highest BCUT2D eigenvalue weighted by Crippen LogP contribution is 2.10. The number of nitrogens with zero attached hydrogens (tertiary/aromatic N) is 5. The van der Waals surface area contributed by atoms with Gasteiger partial charge in [-0.2, -0.15) is 4.98 Å². The highest BCUT2D eigenvalue weighted by atomic mass is 16.5. The van der Waals surface area contributed by atoms with Gasteiger partial charge in [-0.25, -0.2) is 0 Å². The van der Waals surface area contributed by atoms with Crippen molar-refractivity contribution < 1.29 is 4.52 Å². The van der Waals surface area contributed by atoms with Crippen molar-refractivity contribution in [1.29, 1.82) is 0 Å². The van der Waals surface area contributed by atoms with Crippen molar-refractivity contribution in [2.75, 3.05) is 20.1 Å². The number of hydrogen-bond acceptors (Lipinski definition) is 4. The standard InChI is InChI=1S/C17H28N6O/c1-6-18-17(23(5)12-14-8-7-11-22(14)4)19-10-9-15-20-16(13(2)3)21-24-15/h7-8,11,13H,6,9-10,12H2,1-5H3,(H,18,19). The van der Waals surface area contributed by atoms with Crippen molar-refractivity contribution in [3.05, 3.63) is 35.7 Å². The third-order valence-electron chi connectivity index (χ3n) is 3.73. The number of aromatic nitrogens is 3. The summed E-state index contributed by atoms with van der Waals surface area (Å²) in [6.45, 7) is 8.41. The van der Waals surface area contributed by atoms with E-state index in [9.17, 15) is 0 Å².